The van der Waals surface area contributed by atoms with E-state index in [2.05, 4.69) is 51.6 Å². The second-order valence-electron chi connectivity index (χ2n) is 7.05. The van der Waals surface area contributed by atoms with Crippen LogP contribution in [0.3, 0.4) is 0 Å². The summed E-state index contributed by atoms with van der Waals surface area (Å²) in [5.74, 6) is 1.44. The highest BCUT2D eigenvalue weighted by Gasteiger charge is 2.24. The molecule has 1 aromatic carbocycles. The van der Waals surface area contributed by atoms with E-state index in [1.54, 1.807) is 6.20 Å². The minimum absolute atomic E-state index is 0. The van der Waals surface area contributed by atoms with Crippen molar-refractivity contribution in [2.45, 2.75) is 26.8 Å². The number of hydrogen-bond donors (Lipinski definition) is 2. The number of rotatable bonds is 6. The lowest BCUT2D eigenvalue weighted by atomic mass is 10.1. The van der Waals surface area contributed by atoms with E-state index in [1.807, 2.05) is 23.9 Å². The molecule has 0 spiro atoms. The summed E-state index contributed by atoms with van der Waals surface area (Å²) in [5.41, 5.74) is 3.62. The Hall–Kier alpha value is -1.48. The van der Waals surface area contributed by atoms with Crippen LogP contribution in [-0.2, 0) is 13.6 Å². The maximum absolute atomic E-state index is 6.19. The van der Waals surface area contributed by atoms with Crippen molar-refractivity contribution in [3.63, 3.8) is 0 Å². The zero-order chi connectivity index (χ0) is 19.2. The molecule has 0 aliphatic carbocycles. The van der Waals surface area contributed by atoms with Gasteiger partial charge in [0.1, 0.15) is 0 Å². The number of halogens is 2. The summed E-state index contributed by atoms with van der Waals surface area (Å²) in [6, 6.07) is 8.12. The second-order valence-corrected chi connectivity index (χ2v) is 7.49. The second kappa shape index (κ2) is 10.9. The summed E-state index contributed by atoms with van der Waals surface area (Å²) in [4.78, 5) is 7.12. The molecule has 1 aliphatic heterocycles. The van der Waals surface area contributed by atoms with Crippen molar-refractivity contribution in [3.8, 4) is 0 Å². The normalized spacial score (nSPS) is 16.8. The molecule has 0 radical (unpaired) electrons. The maximum atomic E-state index is 6.19. The van der Waals surface area contributed by atoms with Crippen molar-refractivity contribution in [1.29, 1.82) is 0 Å². The van der Waals surface area contributed by atoms with E-state index in [9.17, 15) is 0 Å². The van der Waals surface area contributed by atoms with E-state index >= 15 is 0 Å². The van der Waals surface area contributed by atoms with Gasteiger partial charge in [0, 0.05) is 50.1 Å². The Bertz CT molecular complexity index is 791. The number of aliphatic imine (C=N–C) groups is 1. The standard InChI is InChI=1S/C20H29ClN6.HI/c1-4-22-20(24-13-18-7-9-25-26(18)3)23-12-16-8-10-27(14-16)19-11-17(21)6-5-15(19)2;/h5-7,9,11,16H,4,8,10,12-14H2,1-3H3,(H2,22,23,24);1H. The third-order valence-corrected chi connectivity index (χ3v) is 5.26. The smallest absolute Gasteiger partial charge is 0.191 e. The molecule has 0 bridgehead atoms. The lowest BCUT2D eigenvalue weighted by Gasteiger charge is -2.21. The molecule has 8 heteroatoms. The van der Waals surface area contributed by atoms with Gasteiger partial charge in [-0.15, -0.1) is 24.0 Å². The Morgan fingerprint density at radius 2 is 2.14 bits per heavy atom. The van der Waals surface area contributed by atoms with Gasteiger partial charge in [0.2, 0.25) is 0 Å². The van der Waals surface area contributed by atoms with Gasteiger partial charge in [-0.3, -0.25) is 4.68 Å². The first-order valence-corrected chi connectivity index (χ1v) is 9.94. The van der Waals surface area contributed by atoms with Gasteiger partial charge in [-0.1, -0.05) is 17.7 Å². The van der Waals surface area contributed by atoms with Crippen LogP contribution in [0.1, 0.15) is 24.6 Å². The van der Waals surface area contributed by atoms with Crippen LogP contribution in [0.15, 0.2) is 35.5 Å². The molecule has 6 nitrogen and oxygen atoms in total. The zero-order valence-corrected chi connectivity index (χ0v) is 19.9. The Labute approximate surface area is 189 Å². The number of aryl methyl sites for hydroxylation is 2. The summed E-state index contributed by atoms with van der Waals surface area (Å²) in [5, 5.41) is 11.8. The van der Waals surface area contributed by atoms with Crippen molar-refractivity contribution < 1.29 is 0 Å². The van der Waals surface area contributed by atoms with Crippen molar-refractivity contribution in [3.05, 3.63) is 46.7 Å². The van der Waals surface area contributed by atoms with Gasteiger partial charge in [0.15, 0.2) is 5.96 Å². The summed E-state index contributed by atoms with van der Waals surface area (Å²) in [6.45, 7) is 8.70. The fraction of sp³-hybridized carbons (Fsp3) is 0.500. The monoisotopic (exact) mass is 516 g/mol. The molecule has 2 N–H and O–H groups in total. The van der Waals surface area contributed by atoms with E-state index in [4.69, 9.17) is 11.6 Å². The number of anilines is 1. The molecule has 1 saturated heterocycles. The van der Waals surface area contributed by atoms with Crippen LogP contribution in [0.5, 0.6) is 0 Å². The van der Waals surface area contributed by atoms with E-state index in [-0.39, 0.29) is 24.0 Å². The first-order chi connectivity index (χ1) is 13.1. The number of nitrogens with one attached hydrogen (secondary N) is 2. The van der Waals surface area contributed by atoms with Gasteiger partial charge in [0.25, 0.3) is 0 Å². The number of aromatic nitrogens is 2. The summed E-state index contributed by atoms with van der Waals surface area (Å²) in [7, 11) is 1.94. The first-order valence-electron chi connectivity index (χ1n) is 9.57. The van der Waals surface area contributed by atoms with Crippen LogP contribution in [0.2, 0.25) is 5.02 Å². The van der Waals surface area contributed by atoms with Crippen LogP contribution >= 0.6 is 35.6 Å². The van der Waals surface area contributed by atoms with Crippen molar-refractivity contribution in [1.82, 2.24) is 20.4 Å². The summed E-state index contributed by atoms with van der Waals surface area (Å²) >= 11 is 6.19. The lowest BCUT2D eigenvalue weighted by molar-refractivity contribution is 0.565. The third kappa shape index (κ3) is 6.01. The van der Waals surface area contributed by atoms with E-state index in [0.29, 0.717) is 12.5 Å². The largest absolute Gasteiger partial charge is 0.371 e. The van der Waals surface area contributed by atoms with Crippen LogP contribution in [0, 0.1) is 12.8 Å². The van der Waals surface area contributed by atoms with Crippen molar-refractivity contribution >= 4 is 47.2 Å². The third-order valence-electron chi connectivity index (χ3n) is 5.02. The number of guanidine groups is 1. The number of benzene rings is 1. The molecule has 0 amide bonds. The van der Waals surface area contributed by atoms with Gasteiger partial charge < -0.3 is 15.5 Å². The highest BCUT2D eigenvalue weighted by Crippen LogP contribution is 2.29. The topological polar surface area (TPSA) is 57.5 Å². The molecule has 1 fully saturated rings. The number of hydrogen-bond acceptors (Lipinski definition) is 3. The Kier molecular flexibility index (Phi) is 8.88. The van der Waals surface area contributed by atoms with Crippen LogP contribution < -0.4 is 15.5 Å². The predicted octanol–water partition coefficient (Wildman–Crippen LogP) is 3.58. The fourth-order valence-corrected chi connectivity index (χ4v) is 3.61. The van der Waals surface area contributed by atoms with Crippen LogP contribution in [0.25, 0.3) is 0 Å². The van der Waals surface area contributed by atoms with Crippen molar-refractivity contribution in [2.24, 2.45) is 18.0 Å². The SMILES string of the molecule is CCNC(=NCc1ccnn1C)NCC1CCN(c2cc(Cl)ccc2C)C1.I. The minimum atomic E-state index is 0. The summed E-state index contributed by atoms with van der Waals surface area (Å²) in [6.07, 6.45) is 2.97. The fourth-order valence-electron chi connectivity index (χ4n) is 3.44. The molecule has 154 valence electrons. The average molecular weight is 517 g/mol. The zero-order valence-electron chi connectivity index (χ0n) is 16.8. The maximum Gasteiger partial charge on any atom is 0.191 e. The molecule has 28 heavy (non-hydrogen) atoms. The minimum Gasteiger partial charge on any atom is -0.371 e. The van der Waals surface area contributed by atoms with Crippen LogP contribution in [-0.4, -0.2) is 41.9 Å². The van der Waals surface area contributed by atoms with Gasteiger partial charge in [-0.05, 0) is 49.9 Å². The molecule has 2 aromatic rings. The van der Waals surface area contributed by atoms with Crippen LogP contribution in [0.4, 0.5) is 5.69 Å². The number of nitrogens with zero attached hydrogens (tertiary/aromatic N) is 4. The van der Waals surface area contributed by atoms with E-state index in [0.717, 1.165) is 42.9 Å². The molecule has 3 rings (SSSR count). The van der Waals surface area contributed by atoms with Crippen molar-refractivity contribution in [2.75, 3.05) is 31.1 Å². The Morgan fingerprint density at radius 1 is 1.32 bits per heavy atom. The highest BCUT2D eigenvalue weighted by molar-refractivity contribution is 14.0. The molecule has 1 atom stereocenters. The van der Waals surface area contributed by atoms with Gasteiger partial charge >= 0.3 is 0 Å². The molecule has 1 unspecified atom stereocenters. The predicted molar refractivity (Wildman–Crippen MR) is 128 cm³/mol. The molecular weight excluding hydrogens is 487 g/mol. The van der Waals surface area contributed by atoms with Gasteiger partial charge in [-0.25, -0.2) is 4.99 Å². The van der Waals surface area contributed by atoms with Gasteiger partial charge in [0.05, 0.1) is 12.2 Å². The summed E-state index contributed by atoms with van der Waals surface area (Å²) < 4.78 is 1.86. The first kappa shape index (κ1) is 22.8. The van der Waals surface area contributed by atoms with E-state index < -0.39 is 0 Å². The Balaban J connectivity index is 0.00000280. The molecular formula is C20H30ClIN6. The molecule has 2 heterocycles. The quantitative estimate of drug-likeness (QED) is 0.350. The molecule has 0 saturated carbocycles. The molecule has 1 aliphatic rings. The average Bonchev–Trinajstić information content (AvgIpc) is 3.28. The Morgan fingerprint density at radius 3 is 2.86 bits per heavy atom. The lowest BCUT2D eigenvalue weighted by Crippen LogP contribution is -2.40. The molecule has 1 aromatic heterocycles. The van der Waals surface area contributed by atoms with Gasteiger partial charge in [-0.2, -0.15) is 5.10 Å². The highest BCUT2D eigenvalue weighted by atomic mass is 127. The van der Waals surface area contributed by atoms with E-state index in [1.165, 1.54) is 17.7 Å².